The van der Waals surface area contributed by atoms with Crippen molar-refractivity contribution in [1.29, 1.82) is 0 Å². The minimum atomic E-state index is -4.89. The number of nitrogens with two attached hydrogens (primary N) is 1. The smallest absolute Gasteiger partial charge is 0.418 e. The second-order valence-corrected chi connectivity index (χ2v) is 7.86. The van der Waals surface area contributed by atoms with Crippen LogP contribution in [0, 0.1) is 0 Å². The van der Waals surface area contributed by atoms with Crippen LogP contribution in [0.2, 0.25) is 0 Å². The molecule has 1 aliphatic rings. The van der Waals surface area contributed by atoms with Crippen LogP contribution in [0.4, 0.5) is 32.0 Å². The Morgan fingerprint density at radius 2 is 1.81 bits per heavy atom. The van der Waals surface area contributed by atoms with Crippen LogP contribution >= 0.6 is 0 Å². The molecule has 0 radical (unpaired) electrons. The molecule has 0 aromatic carbocycles. The molecular formula is C19H22F6N4O2. The second kappa shape index (κ2) is 8.29. The van der Waals surface area contributed by atoms with Crippen molar-refractivity contribution in [2.24, 2.45) is 0 Å². The zero-order valence-electron chi connectivity index (χ0n) is 16.6. The number of alkyl halides is 6. The van der Waals surface area contributed by atoms with Gasteiger partial charge in [-0.25, -0.2) is 4.98 Å². The lowest BCUT2D eigenvalue weighted by atomic mass is 9.82. The third-order valence-corrected chi connectivity index (χ3v) is 5.69. The zero-order valence-corrected chi connectivity index (χ0v) is 16.6. The van der Waals surface area contributed by atoms with Crippen LogP contribution in [-0.2, 0) is 11.6 Å². The SMILES string of the molecule is CC1CCCCCCC(CO)(C(F)(F)F)c2nnc(o2)-c2nc1c(C(F)(F)F)cc2N. The van der Waals surface area contributed by atoms with E-state index in [1.54, 1.807) is 6.92 Å². The molecule has 0 saturated carbocycles. The standard InChI is InChI=1S/C19H22F6N4O2/c1-10-6-4-2-3-5-7-17(9-30,19(23,24)25)16-29-28-15(31-16)14-12(26)8-11(13(10)27-14)18(20,21)22/h8,10,30H,2-7,9,26H2,1H3. The number of pyridine rings is 1. The maximum atomic E-state index is 13.9. The molecule has 0 fully saturated rings. The molecule has 0 aliphatic carbocycles. The van der Waals surface area contributed by atoms with Gasteiger partial charge in [0, 0.05) is 0 Å². The average molecular weight is 452 g/mol. The van der Waals surface area contributed by atoms with Gasteiger partial charge in [-0.05, 0) is 24.8 Å². The number of hydrogen-bond donors (Lipinski definition) is 2. The molecule has 2 aromatic heterocycles. The molecule has 12 heteroatoms. The lowest BCUT2D eigenvalue weighted by molar-refractivity contribution is -0.210. The lowest BCUT2D eigenvalue weighted by Crippen LogP contribution is -2.46. The monoisotopic (exact) mass is 452 g/mol. The predicted octanol–water partition coefficient (Wildman–Crippen LogP) is 4.98. The molecular weight excluding hydrogens is 430 g/mol. The van der Waals surface area contributed by atoms with Crippen LogP contribution in [0.5, 0.6) is 0 Å². The van der Waals surface area contributed by atoms with Gasteiger partial charge >= 0.3 is 12.4 Å². The Labute approximate surface area is 173 Å². The van der Waals surface area contributed by atoms with Crippen molar-refractivity contribution in [1.82, 2.24) is 15.2 Å². The van der Waals surface area contributed by atoms with Gasteiger partial charge in [-0.1, -0.05) is 32.6 Å². The molecule has 3 N–H and O–H groups in total. The lowest BCUT2D eigenvalue weighted by Gasteiger charge is -2.30. The first-order valence-corrected chi connectivity index (χ1v) is 9.80. The number of anilines is 1. The van der Waals surface area contributed by atoms with Gasteiger partial charge < -0.3 is 15.3 Å². The van der Waals surface area contributed by atoms with Crippen LogP contribution in [0.3, 0.4) is 0 Å². The number of aliphatic hydroxyl groups is 1. The summed E-state index contributed by atoms with van der Waals surface area (Å²) in [5.41, 5.74) is 0.901. The van der Waals surface area contributed by atoms with Gasteiger partial charge in [0.25, 0.3) is 5.89 Å². The van der Waals surface area contributed by atoms with Crippen molar-refractivity contribution in [3.05, 3.63) is 23.2 Å². The number of aliphatic hydroxyl groups excluding tert-OH is 1. The summed E-state index contributed by atoms with van der Waals surface area (Å²) >= 11 is 0. The molecule has 2 aromatic rings. The highest BCUT2D eigenvalue weighted by Gasteiger charge is 2.59. The molecule has 172 valence electrons. The van der Waals surface area contributed by atoms with Crippen molar-refractivity contribution >= 4 is 5.69 Å². The minimum Gasteiger partial charge on any atom is -0.418 e. The Morgan fingerprint density at radius 1 is 1.13 bits per heavy atom. The van der Waals surface area contributed by atoms with E-state index in [4.69, 9.17) is 10.2 Å². The van der Waals surface area contributed by atoms with E-state index in [0.29, 0.717) is 31.7 Å². The molecule has 2 unspecified atom stereocenters. The van der Waals surface area contributed by atoms with E-state index in [9.17, 15) is 31.4 Å². The highest BCUT2D eigenvalue weighted by Crippen LogP contribution is 2.46. The van der Waals surface area contributed by atoms with Gasteiger partial charge in [0.2, 0.25) is 5.89 Å². The van der Waals surface area contributed by atoms with Crippen molar-refractivity contribution in [2.75, 3.05) is 12.3 Å². The Balaban J connectivity index is 2.21. The fourth-order valence-corrected chi connectivity index (χ4v) is 3.80. The maximum absolute atomic E-state index is 13.9. The van der Waals surface area contributed by atoms with Gasteiger partial charge in [-0.2, -0.15) is 26.3 Å². The minimum absolute atomic E-state index is 0.117. The first kappa shape index (κ1) is 23.3. The van der Waals surface area contributed by atoms with Crippen LogP contribution in [0.25, 0.3) is 11.6 Å². The molecule has 0 saturated heterocycles. The van der Waals surface area contributed by atoms with Crippen molar-refractivity contribution in [3.8, 4) is 11.6 Å². The fraction of sp³-hybridized carbons (Fsp3) is 0.632. The summed E-state index contributed by atoms with van der Waals surface area (Å²) in [6.07, 6.45) is -8.16. The van der Waals surface area contributed by atoms with E-state index >= 15 is 0 Å². The van der Waals surface area contributed by atoms with E-state index in [1.165, 1.54) is 0 Å². The van der Waals surface area contributed by atoms with Crippen molar-refractivity contribution in [2.45, 2.75) is 69.1 Å². The summed E-state index contributed by atoms with van der Waals surface area (Å²) in [5, 5.41) is 16.7. The molecule has 6 nitrogen and oxygen atoms in total. The van der Waals surface area contributed by atoms with Gasteiger partial charge in [-0.15, -0.1) is 10.2 Å². The van der Waals surface area contributed by atoms with Crippen LogP contribution in [-0.4, -0.2) is 33.1 Å². The normalized spacial score (nSPS) is 23.4. The molecule has 4 bridgehead atoms. The summed E-state index contributed by atoms with van der Waals surface area (Å²) < 4.78 is 87.6. The van der Waals surface area contributed by atoms with E-state index in [-0.39, 0.29) is 17.8 Å². The Morgan fingerprint density at radius 3 is 2.42 bits per heavy atom. The molecule has 3 heterocycles. The number of aromatic nitrogens is 3. The van der Waals surface area contributed by atoms with E-state index in [2.05, 4.69) is 15.2 Å². The molecule has 31 heavy (non-hydrogen) atoms. The number of rotatable bonds is 1. The summed E-state index contributed by atoms with van der Waals surface area (Å²) in [6.45, 7) is 0.291. The summed E-state index contributed by atoms with van der Waals surface area (Å²) in [7, 11) is 0. The Kier molecular flexibility index (Phi) is 6.23. The van der Waals surface area contributed by atoms with E-state index < -0.39 is 59.7 Å². The molecule has 1 aliphatic heterocycles. The number of halogens is 6. The van der Waals surface area contributed by atoms with Crippen molar-refractivity contribution in [3.63, 3.8) is 0 Å². The van der Waals surface area contributed by atoms with Gasteiger partial charge in [0.1, 0.15) is 0 Å². The fourth-order valence-electron chi connectivity index (χ4n) is 3.80. The predicted molar refractivity (Wildman–Crippen MR) is 97.9 cm³/mol. The van der Waals surface area contributed by atoms with Gasteiger partial charge in [-0.3, -0.25) is 0 Å². The topological polar surface area (TPSA) is 98.1 Å². The molecule has 2 atom stereocenters. The van der Waals surface area contributed by atoms with Crippen LogP contribution in [0.1, 0.15) is 68.5 Å². The highest BCUT2D eigenvalue weighted by atomic mass is 19.4. The zero-order chi connectivity index (χ0) is 23.0. The summed E-state index contributed by atoms with van der Waals surface area (Å²) in [4.78, 5) is 4.00. The van der Waals surface area contributed by atoms with Crippen LogP contribution < -0.4 is 5.73 Å². The number of nitrogen functional groups attached to an aromatic ring is 1. The Hall–Kier alpha value is -2.37. The third-order valence-electron chi connectivity index (χ3n) is 5.69. The number of fused-ring (bicyclic) bond motifs is 5. The number of nitrogens with zero attached hydrogens (tertiary/aromatic N) is 3. The molecule has 3 rings (SSSR count). The van der Waals surface area contributed by atoms with E-state index in [0.717, 1.165) is 0 Å². The third kappa shape index (κ3) is 4.35. The summed E-state index contributed by atoms with van der Waals surface area (Å²) in [6, 6.07) is 0.687. The highest BCUT2D eigenvalue weighted by molar-refractivity contribution is 5.67. The number of hydrogen-bond acceptors (Lipinski definition) is 6. The molecule has 0 spiro atoms. The summed E-state index contributed by atoms with van der Waals surface area (Å²) in [5.74, 6) is -1.98. The van der Waals surface area contributed by atoms with Crippen molar-refractivity contribution < 1.29 is 35.9 Å². The second-order valence-electron chi connectivity index (χ2n) is 7.86. The maximum Gasteiger partial charge on any atom is 0.418 e. The Bertz CT molecular complexity index is 927. The van der Waals surface area contributed by atoms with Gasteiger partial charge in [0.05, 0.1) is 23.6 Å². The first-order chi connectivity index (χ1) is 14.4. The quantitative estimate of drug-likeness (QED) is 0.592. The first-order valence-electron chi connectivity index (χ1n) is 9.80. The van der Waals surface area contributed by atoms with Crippen LogP contribution in [0.15, 0.2) is 10.5 Å². The van der Waals surface area contributed by atoms with Gasteiger partial charge in [0.15, 0.2) is 11.1 Å². The largest absolute Gasteiger partial charge is 0.418 e. The average Bonchev–Trinajstić information content (AvgIpc) is 3.14. The van der Waals surface area contributed by atoms with E-state index in [1.807, 2.05) is 0 Å². The molecule has 0 amide bonds.